The molecule has 4 nitrogen and oxygen atoms in total. The molecule has 0 radical (unpaired) electrons. The van der Waals surface area contributed by atoms with E-state index in [9.17, 15) is 0 Å². The van der Waals surface area contributed by atoms with Gasteiger partial charge in [-0.3, -0.25) is 0 Å². The minimum atomic E-state index is -0.544. The minimum Gasteiger partial charge on any atom is -0.377 e. The van der Waals surface area contributed by atoms with Gasteiger partial charge in [0, 0.05) is 12.5 Å². The van der Waals surface area contributed by atoms with Gasteiger partial charge in [-0.2, -0.15) is 0 Å². The summed E-state index contributed by atoms with van der Waals surface area (Å²) in [5, 5.41) is 0. The van der Waals surface area contributed by atoms with Gasteiger partial charge >= 0.3 is 0 Å². The standard InChI is InChI=1S/C18H26O4/c1-4-15-14(16-17(20-15)22-18(2,3)21-16)10-11-19-12-13-8-6-5-7-9-13/h5-9,14-17H,4,10-12H2,1-3H3/t14?,15-,16+,17-/m1/s1. The Morgan fingerprint density at radius 1 is 1.14 bits per heavy atom. The minimum absolute atomic E-state index is 0.0280. The molecule has 4 heteroatoms. The molecular formula is C18H26O4. The monoisotopic (exact) mass is 306 g/mol. The molecule has 0 amide bonds. The molecule has 2 aliphatic rings. The lowest BCUT2D eigenvalue weighted by atomic mass is 9.93. The van der Waals surface area contributed by atoms with Crippen molar-refractivity contribution in [3.05, 3.63) is 35.9 Å². The molecule has 4 atom stereocenters. The fraction of sp³-hybridized carbons (Fsp3) is 0.667. The van der Waals surface area contributed by atoms with Gasteiger partial charge in [-0.1, -0.05) is 37.3 Å². The van der Waals surface area contributed by atoms with Crippen LogP contribution in [-0.2, 0) is 25.6 Å². The smallest absolute Gasteiger partial charge is 0.187 e. The van der Waals surface area contributed by atoms with Crippen molar-refractivity contribution in [1.29, 1.82) is 0 Å². The van der Waals surface area contributed by atoms with E-state index in [-0.39, 0.29) is 18.5 Å². The number of fused-ring (bicyclic) bond motifs is 1. The van der Waals surface area contributed by atoms with Crippen LogP contribution in [0.4, 0.5) is 0 Å². The molecule has 0 spiro atoms. The van der Waals surface area contributed by atoms with Crippen molar-refractivity contribution < 1.29 is 18.9 Å². The van der Waals surface area contributed by atoms with Crippen molar-refractivity contribution in [2.45, 2.75) is 64.5 Å². The zero-order valence-corrected chi connectivity index (χ0v) is 13.7. The average molecular weight is 306 g/mol. The highest BCUT2D eigenvalue weighted by Gasteiger charge is 2.53. The molecule has 3 rings (SSSR count). The highest BCUT2D eigenvalue weighted by molar-refractivity contribution is 5.13. The summed E-state index contributed by atoms with van der Waals surface area (Å²) in [4.78, 5) is 0. The van der Waals surface area contributed by atoms with E-state index in [1.54, 1.807) is 0 Å². The second-order valence-electron chi connectivity index (χ2n) is 6.54. The molecule has 122 valence electrons. The predicted octanol–water partition coefficient (Wildman–Crippen LogP) is 3.50. The highest BCUT2D eigenvalue weighted by Crippen LogP contribution is 2.42. The van der Waals surface area contributed by atoms with Gasteiger partial charge in [-0.15, -0.1) is 0 Å². The van der Waals surface area contributed by atoms with E-state index in [4.69, 9.17) is 18.9 Å². The first-order chi connectivity index (χ1) is 10.6. The fourth-order valence-electron chi connectivity index (χ4n) is 3.37. The molecule has 2 aliphatic heterocycles. The first-order valence-electron chi connectivity index (χ1n) is 8.22. The number of rotatable bonds is 6. The van der Waals surface area contributed by atoms with Crippen LogP contribution >= 0.6 is 0 Å². The van der Waals surface area contributed by atoms with Gasteiger partial charge in [0.05, 0.1) is 12.7 Å². The van der Waals surface area contributed by atoms with Crippen LogP contribution in [0.5, 0.6) is 0 Å². The Morgan fingerprint density at radius 3 is 2.64 bits per heavy atom. The van der Waals surface area contributed by atoms with E-state index in [1.807, 2.05) is 32.0 Å². The van der Waals surface area contributed by atoms with Crippen molar-refractivity contribution in [1.82, 2.24) is 0 Å². The Hall–Kier alpha value is -0.940. The Morgan fingerprint density at radius 2 is 1.91 bits per heavy atom. The summed E-state index contributed by atoms with van der Waals surface area (Å²) in [6, 6.07) is 10.3. The van der Waals surface area contributed by atoms with Crippen LogP contribution in [0.1, 0.15) is 39.2 Å². The van der Waals surface area contributed by atoms with E-state index in [2.05, 4.69) is 19.1 Å². The average Bonchev–Trinajstić information content (AvgIpc) is 2.96. The number of hydrogen-bond acceptors (Lipinski definition) is 4. The molecule has 0 bridgehead atoms. The Bertz CT molecular complexity index is 473. The number of benzene rings is 1. The van der Waals surface area contributed by atoms with Crippen LogP contribution in [0.15, 0.2) is 30.3 Å². The van der Waals surface area contributed by atoms with Crippen LogP contribution < -0.4 is 0 Å². The molecule has 0 saturated carbocycles. The first-order valence-corrected chi connectivity index (χ1v) is 8.22. The quantitative estimate of drug-likeness (QED) is 0.754. The molecule has 2 saturated heterocycles. The van der Waals surface area contributed by atoms with Crippen LogP contribution in [-0.4, -0.2) is 30.9 Å². The maximum absolute atomic E-state index is 6.03. The SMILES string of the molecule is CC[C@H]1O[C@@H]2OC(C)(C)O[C@H]2C1CCOCc1ccccc1. The van der Waals surface area contributed by atoms with E-state index in [0.717, 1.165) is 12.8 Å². The third-order valence-corrected chi connectivity index (χ3v) is 4.41. The largest absolute Gasteiger partial charge is 0.377 e. The molecule has 1 aromatic rings. The van der Waals surface area contributed by atoms with E-state index in [1.165, 1.54) is 5.56 Å². The topological polar surface area (TPSA) is 36.9 Å². The summed E-state index contributed by atoms with van der Waals surface area (Å²) in [5.41, 5.74) is 1.21. The summed E-state index contributed by atoms with van der Waals surface area (Å²) in [7, 11) is 0. The third-order valence-electron chi connectivity index (χ3n) is 4.41. The zero-order chi connectivity index (χ0) is 15.6. The summed E-state index contributed by atoms with van der Waals surface area (Å²) < 4.78 is 23.7. The zero-order valence-electron chi connectivity index (χ0n) is 13.7. The van der Waals surface area contributed by atoms with Crippen molar-refractivity contribution in [3.63, 3.8) is 0 Å². The van der Waals surface area contributed by atoms with Gasteiger partial charge in [0.1, 0.15) is 6.10 Å². The van der Waals surface area contributed by atoms with Crippen molar-refractivity contribution in [2.75, 3.05) is 6.61 Å². The lowest BCUT2D eigenvalue weighted by molar-refractivity contribution is -0.210. The van der Waals surface area contributed by atoms with Gasteiger partial charge in [0.2, 0.25) is 0 Å². The van der Waals surface area contributed by atoms with E-state index < -0.39 is 5.79 Å². The van der Waals surface area contributed by atoms with Crippen molar-refractivity contribution >= 4 is 0 Å². The summed E-state index contributed by atoms with van der Waals surface area (Å²) >= 11 is 0. The van der Waals surface area contributed by atoms with Gasteiger partial charge in [-0.25, -0.2) is 0 Å². The van der Waals surface area contributed by atoms with Crippen LogP contribution in [0.25, 0.3) is 0 Å². The van der Waals surface area contributed by atoms with E-state index >= 15 is 0 Å². The number of ether oxygens (including phenoxy) is 4. The highest BCUT2D eigenvalue weighted by atomic mass is 16.8. The summed E-state index contributed by atoms with van der Waals surface area (Å²) in [6.45, 7) is 7.40. The summed E-state index contributed by atoms with van der Waals surface area (Å²) in [5.74, 6) is -0.204. The Labute approximate surface area is 132 Å². The molecule has 22 heavy (non-hydrogen) atoms. The predicted molar refractivity (Wildman–Crippen MR) is 83.2 cm³/mol. The van der Waals surface area contributed by atoms with E-state index in [0.29, 0.717) is 19.1 Å². The lowest BCUT2D eigenvalue weighted by Crippen LogP contribution is -2.30. The second kappa shape index (κ2) is 6.67. The Kier molecular flexibility index (Phi) is 4.83. The molecule has 2 heterocycles. The summed E-state index contributed by atoms with van der Waals surface area (Å²) in [6.07, 6.45) is 1.92. The van der Waals surface area contributed by atoms with Gasteiger partial charge in [0.15, 0.2) is 12.1 Å². The van der Waals surface area contributed by atoms with Crippen molar-refractivity contribution in [2.24, 2.45) is 5.92 Å². The molecule has 0 N–H and O–H groups in total. The van der Waals surface area contributed by atoms with Gasteiger partial charge in [-0.05, 0) is 32.3 Å². The molecule has 0 aromatic heterocycles. The van der Waals surface area contributed by atoms with Crippen LogP contribution in [0, 0.1) is 5.92 Å². The van der Waals surface area contributed by atoms with Crippen LogP contribution in [0.3, 0.4) is 0 Å². The second-order valence-corrected chi connectivity index (χ2v) is 6.54. The molecular weight excluding hydrogens is 280 g/mol. The van der Waals surface area contributed by atoms with Gasteiger partial charge < -0.3 is 18.9 Å². The maximum atomic E-state index is 6.03. The maximum Gasteiger partial charge on any atom is 0.187 e. The first kappa shape index (κ1) is 15.9. The molecule has 2 fully saturated rings. The number of hydrogen-bond donors (Lipinski definition) is 0. The molecule has 0 aliphatic carbocycles. The molecule has 1 aromatic carbocycles. The fourth-order valence-corrected chi connectivity index (χ4v) is 3.37. The van der Waals surface area contributed by atoms with Crippen molar-refractivity contribution in [3.8, 4) is 0 Å². The van der Waals surface area contributed by atoms with Gasteiger partial charge in [0.25, 0.3) is 0 Å². The van der Waals surface area contributed by atoms with Crippen LogP contribution in [0.2, 0.25) is 0 Å². The Balaban J connectivity index is 1.50. The lowest BCUT2D eigenvalue weighted by Gasteiger charge is -2.25. The molecule has 1 unspecified atom stereocenters. The normalized spacial score (nSPS) is 33.0. The third kappa shape index (κ3) is 3.51.